The van der Waals surface area contributed by atoms with Gasteiger partial charge >= 0.3 is 0 Å². The molecule has 0 unspecified atom stereocenters. The number of pyridine rings is 1. The van der Waals surface area contributed by atoms with Crippen LogP contribution in [0.1, 0.15) is 12.6 Å². The number of carbonyl (C=O) groups is 1. The number of hydrogen-bond acceptors (Lipinski definition) is 4. The van der Waals surface area contributed by atoms with Crippen molar-refractivity contribution in [1.82, 2.24) is 19.2 Å². The molecular formula is C15H17N5OS. The molecule has 0 aliphatic carbocycles. The zero-order valence-corrected chi connectivity index (χ0v) is 13.2. The minimum atomic E-state index is -0.0817. The van der Waals surface area contributed by atoms with Crippen LogP contribution in [0, 0.1) is 0 Å². The summed E-state index contributed by atoms with van der Waals surface area (Å²) in [7, 11) is 0. The van der Waals surface area contributed by atoms with Crippen molar-refractivity contribution in [1.29, 1.82) is 0 Å². The van der Waals surface area contributed by atoms with Crippen LogP contribution in [0.2, 0.25) is 0 Å². The molecule has 0 bridgehead atoms. The molecule has 0 spiro atoms. The smallest absolute Gasteiger partial charge is 0.237 e. The lowest BCUT2D eigenvalue weighted by atomic mass is 10.4. The topological polar surface area (TPSA) is 64.2 Å². The highest BCUT2D eigenvalue weighted by Crippen LogP contribution is 2.12. The van der Waals surface area contributed by atoms with Crippen LogP contribution >= 0.6 is 11.8 Å². The number of anilines is 1. The van der Waals surface area contributed by atoms with Gasteiger partial charge < -0.3 is 9.72 Å². The zero-order valence-electron chi connectivity index (χ0n) is 12.4. The molecular weight excluding hydrogens is 298 g/mol. The van der Waals surface area contributed by atoms with Gasteiger partial charge in [-0.25, -0.2) is 4.98 Å². The predicted octanol–water partition coefficient (Wildman–Crippen LogP) is 2.27. The Labute approximate surface area is 132 Å². The number of nitrogens with zero attached hydrogens (tertiary/aromatic N) is 4. The van der Waals surface area contributed by atoms with Crippen LogP contribution in [0.25, 0.3) is 5.65 Å². The number of carbonyl (C=O) groups excluding carboxylic acids is 1. The van der Waals surface area contributed by atoms with Crippen LogP contribution in [0.4, 0.5) is 5.69 Å². The maximum atomic E-state index is 11.8. The van der Waals surface area contributed by atoms with Crippen molar-refractivity contribution in [3.8, 4) is 0 Å². The number of fused-ring (bicyclic) bond motifs is 1. The second kappa shape index (κ2) is 6.23. The van der Waals surface area contributed by atoms with E-state index >= 15 is 0 Å². The Morgan fingerprint density at radius 2 is 2.27 bits per heavy atom. The molecule has 114 valence electrons. The van der Waals surface area contributed by atoms with Crippen molar-refractivity contribution in [2.24, 2.45) is 0 Å². The molecule has 1 atom stereocenters. The average molecular weight is 315 g/mol. The maximum Gasteiger partial charge on any atom is 0.237 e. The van der Waals surface area contributed by atoms with Gasteiger partial charge in [0.05, 0.1) is 29.4 Å². The summed E-state index contributed by atoms with van der Waals surface area (Å²) in [5.74, 6) is -0.0141. The van der Waals surface area contributed by atoms with E-state index in [0.717, 1.165) is 11.3 Å². The predicted molar refractivity (Wildman–Crippen MR) is 88.1 cm³/mol. The number of rotatable bonds is 5. The van der Waals surface area contributed by atoms with Crippen molar-refractivity contribution < 1.29 is 4.79 Å². The minimum absolute atomic E-state index is 0.0141. The molecule has 3 aromatic rings. The van der Waals surface area contributed by atoms with Crippen LogP contribution < -0.4 is 5.32 Å². The summed E-state index contributed by atoms with van der Waals surface area (Å²) >= 11 is 1.51. The first-order valence-electron chi connectivity index (χ1n) is 6.94. The Hall–Kier alpha value is -2.28. The molecule has 3 aromatic heterocycles. The fraction of sp³-hybridized carbons (Fsp3) is 0.267. The van der Waals surface area contributed by atoms with Gasteiger partial charge in [0.25, 0.3) is 0 Å². The number of imidazole rings is 1. The van der Waals surface area contributed by atoms with Crippen molar-refractivity contribution in [3.05, 3.63) is 48.7 Å². The first-order valence-corrected chi connectivity index (χ1v) is 8.23. The van der Waals surface area contributed by atoms with E-state index in [-0.39, 0.29) is 11.2 Å². The van der Waals surface area contributed by atoms with Gasteiger partial charge in [0.1, 0.15) is 5.65 Å². The third-order valence-corrected chi connectivity index (χ3v) is 4.28. The quantitative estimate of drug-likeness (QED) is 0.784. The lowest BCUT2D eigenvalue weighted by Gasteiger charge is -2.07. The van der Waals surface area contributed by atoms with Crippen molar-refractivity contribution in [2.75, 3.05) is 11.6 Å². The van der Waals surface area contributed by atoms with E-state index in [1.807, 2.05) is 54.4 Å². The summed E-state index contributed by atoms with van der Waals surface area (Å²) in [6.07, 6.45) is 9.32. The zero-order chi connectivity index (χ0) is 15.5. The van der Waals surface area contributed by atoms with Crippen molar-refractivity contribution in [3.63, 3.8) is 0 Å². The van der Waals surface area contributed by atoms with Gasteiger partial charge in [-0.2, -0.15) is 16.9 Å². The molecule has 6 nitrogen and oxygen atoms in total. The second-order valence-corrected chi connectivity index (χ2v) is 6.17. The van der Waals surface area contributed by atoms with E-state index in [2.05, 4.69) is 15.4 Å². The van der Waals surface area contributed by atoms with Crippen LogP contribution in [0.15, 0.2) is 43.0 Å². The van der Waals surface area contributed by atoms with Gasteiger partial charge in [-0.15, -0.1) is 0 Å². The normalized spacial score (nSPS) is 12.5. The van der Waals surface area contributed by atoms with Crippen LogP contribution in [-0.2, 0) is 11.3 Å². The minimum Gasteiger partial charge on any atom is -0.322 e. The van der Waals surface area contributed by atoms with E-state index in [1.54, 1.807) is 10.9 Å². The summed E-state index contributed by atoms with van der Waals surface area (Å²) in [6, 6.07) is 5.88. The standard InChI is InChI=1S/C15H17N5OS/c1-11(22-2)15(21)18-12-7-16-20(9-12)10-13-8-19-6-4-3-5-14(19)17-13/h3-9,11H,10H2,1-2H3,(H,18,21)/t11-/m1/s1. The fourth-order valence-electron chi connectivity index (χ4n) is 2.09. The van der Waals surface area contributed by atoms with Crippen molar-refractivity contribution >= 4 is 29.0 Å². The van der Waals surface area contributed by atoms with Gasteiger partial charge in [-0.3, -0.25) is 9.48 Å². The highest BCUT2D eigenvalue weighted by molar-refractivity contribution is 7.99. The van der Waals surface area contributed by atoms with E-state index < -0.39 is 0 Å². The Kier molecular flexibility index (Phi) is 4.15. The van der Waals surface area contributed by atoms with Crippen LogP contribution in [0.5, 0.6) is 0 Å². The third-order valence-electron chi connectivity index (χ3n) is 3.36. The van der Waals surface area contributed by atoms with E-state index in [9.17, 15) is 4.79 Å². The fourth-order valence-corrected chi connectivity index (χ4v) is 2.37. The molecule has 7 heteroatoms. The molecule has 22 heavy (non-hydrogen) atoms. The lowest BCUT2D eigenvalue weighted by Crippen LogP contribution is -2.21. The van der Waals surface area contributed by atoms with Gasteiger partial charge in [-0.1, -0.05) is 6.07 Å². The van der Waals surface area contributed by atoms with Gasteiger partial charge in [0.2, 0.25) is 5.91 Å². The SMILES string of the molecule is CS[C@H](C)C(=O)Nc1cnn(Cc2cn3ccccc3n2)c1. The average Bonchev–Trinajstić information content (AvgIpc) is 3.12. The van der Waals surface area contributed by atoms with E-state index in [1.165, 1.54) is 11.8 Å². The number of aromatic nitrogens is 4. The number of amides is 1. The number of nitrogens with one attached hydrogen (secondary N) is 1. The van der Waals surface area contributed by atoms with E-state index in [0.29, 0.717) is 12.2 Å². The Morgan fingerprint density at radius 3 is 3.05 bits per heavy atom. The molecule has 0 radical (unpaired) electrons. The summed E-state index contributed by atoms with van der Waals surface area (Å²) < 4.78 is 3.74. The second-order valence-electron chi connectivity index (χ2n) is 4.99. The Bertz CT molecular complexity index is 761. The Balaban J connectivity index is 1.70. The first kappa shape index (κ1) is 14.6. The Morgan fingerprint density at radius 1 is 1.41 bits per heavy atom. The molecule has 0 fully saturated rings. The van der Waals surface area contributed by atoms with E-state index in [4.69, 9.17) is 0 Å². The van der Waals surface area contributed by atoms with Crippen LogP contribution in [0.3, 0.4) is 0 Å². The maximum absolute atomic E-state index is 11.8. The molecule has 0 saturated carbocycles. The van der Waals surface area contributed by atoms with Gasteiger partial charge in [0, 0.05) is 18.6 Å². The first-order chi connectivity index (χ1) is 10.7. The molecule has 0 saturated heterocycles. The molecule has 0 aliphatic heterocycles. The van der Waals surface area contributed by atoms with Gasteiger partial charge in [-0.05, 0) is 25.3 Å². The molecule has 0 aliphatic rings. The largest absolute Gasteiger partial charge is 0.322 e. The van der Waals surface area contributed by atoms with Gasteiger partial charge in [0.15, 0.2) is 0 Å². The van der Waals surface area contributed by atoms with Crippen LogP contribution in [-0.4, -0.2) is 36.6 Å². The molecule has 0 aromatic carbocycles. The summed E-state index contributed by atoms with van der Waals surface area (Å²) in [4.78, 5) is 16.4. The highest BCUT2D eigenvalue weighted by atomic mass is 32.2. The molecule has 1 N–H and O–H groups in total. The lowest BCUT2D eigenvalue weighted by molar-refractivity contribution is -0.115. The number of thioether (sulfide) groups is 1. The summed E-state index contributed by atoms with van der Waals surface area (Å²) in [5, 5.41) is 7.04. The summed E-state index contributed by atoms with van der Waals surface area (Å²) in [6.45, 7) is 2.44. The monoisotopic (exact) mass is 315 g/mol. The highest BCUT2D eigenvalue weighted by Gasteiger charge is 2.12. The molecule has 3 rings (SSSR count). The van der Waals surface area contributed by atoms with Crippen molar-refractivity contribution in [2.45, 2.75) is 18.7 Å². The molecule has 3 heterocycles. The third kappa shape index (κ3) is 3.14. The number of hydrogen-bond donors (Lipinski definition) is 1. The molecule has 1 amide bonds. The summed E-state index contributed by atoms with van der Waals surface area (Å²) in [5.41, 5.74) is 2.53.